The summed E-state index contributed by atoms with van der Waals surface area (Å²) in [5.41, 5.74) is 1.68. The summed E-state index contributed by atoms with van der Waals surface area (Å²) >= 11 is 0. The van der Waals surface area contributed by atoms with Crippen LogP contribution in [0.5, 0.6) is 0 Å². The minimum atomic E-state index is -0.140. The summed E-state index contributed by atoms with van der Waals surface area (Å²) < 4.78 is 13.0. The van der Waals surface area contributed by atoms with Gasteiger partial charge in [0.15, 0.2) is 0 Å². The number of piperidine rings is 1. The van der Waals surface area contributed by atoms with Gasteiger partial charge in [-0.1, -0.05) is 12.1 Å². The maximum absolute atomic E-state index is 13.0. The monoisotopic (exact) mass is 234 g/mol. The molecule has 3 heteroatoms. The molecule has 1 atom stereocenters. The second-order valence-corrected chi connectivity index (χ2v) is 5.35. The Morgan fingerprint density at radius 3 is 2.47 bits per heavy atom. The van der Waals surface area contributed by atoms with Crippen LogP contribution in [0.15, 0.2) is 24.3 Å². The maximum atomic E-state index is 13.0. The van der Waals surface area contributed by atoms with Crippen molar-refractivity contribution >= 4 is 0 Å². The molecule has 2 heterocycles. The van der Waals surface area contributed by atoms with Crippen molar-refractivity contribution < 1.29 is 4.39 Å². The Morgan fingerprint density at radius 2 is 1.76 bits per heavy atom. The van der Waals surface area contributed by atoms with E-state index in [9.17, 15) is 4.39 Å². The summed E-state index contributed by atoms with van der Waals surface area (Å²) in [5, 5.41) is 6.95. The number of hydrogen-bond acceptors (Lipinski definition) is 2. The van der Waals surface area contributed by atoms with Crippen molar-refractivity contribution in [2.24, 2.45) is 5.41 Å². The first-order valence-electron chi connectivity index (χ1n) is 6.47. The van der Waals surface area contributed by atoms with Crippen LogP contribution < -0.4 is 10.6 Å². The molecule has 0 saturated carbocycles. The quantitative estimate of drug-likeness (QED) is 0.775. The average Bonchev–Trinajstić information content (AvgIpc) is 2.75. The number of benzene rings is 1. The Kier molecular flexibility index (Phi) is 2.89. The van der Waals surface area contributed by atoms with E-state index in [1.807, 2.05) is 12.1 Å². The number of rotatable bonds is 1. The van der Waals surface area contributed by atoms with Crippen LogP contribution in [0.1, 0.15) is 24.3 Å². The van der Waals surface area contributed by atoms with Gasteiger partial charge in [-0.3, -0.25) is 0 Å². The largest absolute Gasteiger partial charge is 0.317 e. The van der Waals surface area contributed by atoms with Crippen molar-refractivity contribution in [1.29, 1.82) is 0 Å². The van der Waals surface area contributed by atoms with E-state index in [1.165, 1.54) is 18.4 Å². The zero-order valence-corrected chi connectivity index (χ0v) is 10.0. The van der Waals surface area contributed by atoms with Crippen LogP contribution >= 0.6 is 0 Å². The third kappa shape index (κ3) is 1.98. The normalized spacial score (nSPS) is 27.5. The summed E-state index contributed by atoms with van der Waals surface area (Å²) in [5.74, 6) is 0.407. The number of nitrogens with one attached hydrogen (secondary N) is 2. The van der Waals surface area contributed by atoms with Crippen molar-refractivity contribution in [1.82, 2.24) is 10.6 Å². The molecule has 1 aromatic rings. The highest BCUT2D eigenvalue weighted by Gasteiger charge is 2.43. The summed E-state index contributed by atoms with van der Waals surface area (Å²) in [6.07, 6.45) is 2.45. The minimum Gasteiger partial charge on any atom is -0.317 e. The van der Waals surface area contributed by atoms with E-state index in [0.717, 1.165) is 26.2 Å². The zero-order valence-electron chi connectivity index (χ0n) is 10.0. The first kappa shape index (κ1) is 11.2. The van der Waals surface area contributed by atoms with Gasteiger partial charge >= 0.3 is 0 Å². The molecule has 2 aliphatic heterocycles. The Morgan fingerprint density at radius 1 is 1.06 bits per heavy atom. The lowest BCUT2D eigenvalue weighted by Crippen LogP contribution is -2.41. The third-order valence-electron chi connectivity index (χ3n) is 4.44. The van der Waals surface area contributed by atoms with Gasteiger partial charge in [-0.05, 0) is 49.0 Å². The molecule has 92 valence electrons. The van der Waals surface area contributed by atoms with Crippen molar-refractivity contribution in [3.05, 3.63) is 35.6 Å². The van der Waals surface area contributed by atoms with Crippen LogP contribution in [0, 0.1) is 11.2 Å². The van der Waals surface area contributed by atoms with Crippen LogP contribution in [0.4, 0.5) is 4.39 Å². The van der Waals surface area contributed by atoms with E-state index in [2.05, 4.69) is 10.6 Å². The summed E-state index contributed by atoms with van der Waals surface area (Å²) in [4.78, 5) is 0. The molecule has 1 spiro atoms. The Hall–Kier alpha value is -0.930. The molecule has 2 nitrogen and oxygen atoms in total. The van der Waals surface area contributed by atoms with Crippen LogP contribution in [0.25, 0.3) is 0 Å². The van der Waals surface area contributed by atoms with Gasteiger partial charge in [-0.25, -0.2) is 4.39 Å². The number of halogens is 1. The van der Waals surface area contributed by atoms with Crippen LogP contribution in [0.2, 0.25) is 0 Å². The summed E-state index contributed by atoms with van der Waals surface area (Å²) in [6, 6.07) is 7.08. The second-order valence-electron chi connectivity index (χ2n) is 5.35. The molecule has 2 fully saturated rings. The fraction of sp³-hybridized carbons (Fsp3) is 0.571. The van der Waals surface area contributed by atoms with E-state index in [1.54, 1.807) is 12.1 Å². The molecule has 0 radical (unpaired) electrons. The summed E-state index contributed by atoms with van der Waals surface area (Å²) in [6.45, 7) is 4.36. The van der Waals surface area contributed by atoms with Crippen molar-refractivity contribution in [3.8, 4) is 0 Å². The molecule has 0 aromatic heterocycles. The highest BCUT2D eigenvalue weighted by atomic mass is 19.1. The molecule has 2 N–H and O–H groups in total. The molecule has 1 aromatic carbocycles. The molecule has 0 unspecified atom stereocenters. The Balaban J connectivity index is 1.88. The van der Waals surface area contributed by atoms with Gasteiger partial charge in [0, 0.05) is 19.0 Å². The topological polar surface area (TPSA) is 24.1 Å². The highest BCUT2D eigenvalue weighted by molar-refractivity contribution is 5.26. The van der Waals surface area contributed by atoms with E-state index < -0.39 is 0 Å². The predicted molar refractivity (Wildman–Crippen MR) is 66.5 cm³/mol. The van der Waals surface area contributed by atoms with Gasteiger partial charge in [0.2, 0.25) is 0 Å². The van der Waals surface area contributed by atoms with Crippen LogP contribution in [-0.4, -0.2) is 26.2 Å². The van der Waals surface area contributed by atoms with Crippen molar-refractivity contribution in [2.45, 2.75) is 18.8 Å². The molecular formula is C14H19FN2. The van der Waals surface area contributed by atoms with Gasteiger partial charge in [0.25, 0.3) is 0 Å². The van der Waals surface area contributed by atoms with E-state index in [-0.39, 0.29) is 5.82 Å². The maximum Gasteiger partial charge on any atom is 0.123 e. The highest BCUT2D eigenvalue weighted by Crippen LogP contribution is 2.45. The van der Waals surface area contributed by atoms with E-state index in [0.29, 0.717) is 11.3 Å². The Bertz CT molecular complexity index is 382. The predicted octanol–water partition coefficient (Wildman–Crippen LogP) is 1.88. The van der Waals surface area contributed by atoms with Gasteiger partial charge in [0.1, 0.15) is 5.82 Å². The lowest BCUT2D eigenvalue weighted by atomic mass is 9.69. The van der Waals surface area contributed by atoms with Gasteiger partial charge in [-0.2, -0.15) is 0 Å². The third-order valence-corrected chi connectivity index (χ3v) is 4.44. The first-order chi connectivity index (χ1) is 8.30. The van der Waals surface area contributed by atoms with Gasteiger partial charge in [0.05, 0.1) is 0 Å². The lowest BCUT2D eigenvalue weighted by Gasteiger charge is -2.38. The molecule has 17 heavy (non-hydrogen) atoms. The fourth-order valence-electron chi connectivity index (χ4n) is 3.42. The molecule has 0 amide bonds. The summed E-state index contributed by atoms with van der Waals surface area (Å²) in [7, 11) is 0. The molecule has 2 saturated heterocycles. The molecular weight excluding hydrogens is 215 g/mol. The zero-order chi connectivity index (χ0) is 11.7. The molecule has 0 aliphatic carbocycles. The molecule has 3 rings (SSSR count). The van der Waals surface area contributed by atoms with Crippen LogP contribution in [0.3, 0.4) is 0 Å². The first-order valence-corrected chi connectivity index (χ1v) is 6.47. The van der Waals surface area contributed by atoms with E-state index >= 15 is 0 Å². The van der Waals surface area contributed by atoms with E-state index in [4.69, 9.17) is 0 Å². The fourth-order valence-corrected chi connectivity index (χ4v) is 3.42. The lowest BCUT2D eigenvalue weighted by molar-refractivity contribution is 0.201. The Labute approximate surface area is 102 Å². The SMILES string of the molecule is Fc1ccc([C@H]2CNCC23CCNCC3)cc1. The minimum absolute atomic E-state index is 0.140. The average molecular weight is 234 g/mol. The van der Waals surface area contributed by atoms with Crippen molar-refractivity contribution in [2.75, 3.05) is 26.2 Å². The van der Waals surface area contributed by atoms with Gasteiger partial charge < -0.3 is 10.6 Å². The smallest absolute Gasteiger partial charge is 0.123 e. The standard InChI is InChI=1S/C14H19FN2/c15-12-3-1-11(2-4-12)13-9-17-10-14(13)5-7-16-8-6-14/h1-4,13,16-17H,5-10H2/t13-/m1/s1. The van der Waals surface area contributed by atoms with Gasteiger partial charge in [-0.15, -0.1) is 0 Å². The van der Waals surface area contributed by atoms with Crippen LogP contribution in [-0.2, 0) is 0 Å². The second kappa shape index (κ2) is 4.39. The molecule has 2 aliphatic rings. The number of hydrogen-bond donors (Lipinski definition) is 2. The van der Waals surface area contributed by atoms with Crippen molar-refractivity contribution in [3.63, 3.8) is 0 Å². The molecule has 0 bridgehead atoms.